The summed E-state index contributed by atoms with van der Waals surface area (Å²) in [6.45, 7) is 1.82. The maximum absolute atomic E-state index is 12.8. The van der Waals surface area contributed by atoms with Gasteiger partial charge in [-0.05, 0) is 31.2 Å². The van der Waals surface area contributed by atoms with Gasteiger partial charge in [-0.25, -0.2) is 4.79 Å². The van der Waals surface area contributed by atoms with Crippen LogP contribution < -0.4 is 10.1 Å². The lowest BCUT2D eigenvalue weighted by atomic mass is 10.0. The molecule has 38 heavy (non-hydrogen) atoms. The molecule has 10 heteroatoms. The number of carbonyl (C=O) groups is 3. The maximum atomic E-state index is 12.8. The number of ketones is 2. The molecule has 9 nitrogen and oxygen atoms in total. The van der Waals surface area contributed by atoms with Crippen molar-refractivity contribution in [2.45, 2.75) is 24.0 Å². The molecular formula is C28H25NO8S. The number of Topliss-reactive ketones (excluding diaryl/α,β-unsaturated/α-hetero) is 2. The largest absolute Gasteiger partial charge is 0.412 e. The molecule has 1 amide bonds. The lowest BCUT2D eigenvalue weighted by Crippen LogP contribution is -2.42. The summed E-state index contributed by atoms with van der Waals surface area (Å²) in [6.07, 6.45) is 0.562. The third kappa shape index (κ3) is 6.60. The fourth-order valence-corrected chi connectivity index (χ4v) is 4.76. The van der Waals surface area contributed by atoms with Crippen LogP contribution in [-0.2, 0) is 19.0 Å². The van der Waals surface area contributed by atoms with E-state index in [-0.39, 0.29) is 34.9 Å². The average molecular weight is 536 g/mol. The molecule has 1 heterocycles. The molecule has 3 aromatic rings. The van der Waals surface area contributed by atoms with E-state index in [2.05, 4.69) is 5.32 Å². The minimum absolute atomic E-state index is 0.0341. The molecule has 1 aliphatic rings. The Balaban J connectivity index is 1.45. The van der Waals surface area contributed by atoms with E-state index in [0.717, 1.165) is 5.56 Å². The first kappa shape index (κ1) is 26.9. The first-order chi connectivity index (χ1) is 18.2. The van der Waals surface area contributed by atoms with E-state index in [4.69, 9.17) is 13.7 Å². The van der Waals surface area contributed by atoms with E-state index in [1.807, 2.05) is 6.92 Å². The molecule has 1 N–H and O–H groups in total. The fraction of sp³-hybridized carbons (Fsp3) is 0.179. The van der Waals surface area contributed by atoms with Gasteiger partial charge in [-0.3, -0.25) is 13.8 Å². The molecule has 4 rings (SSSR count). The van der Waals surface area contributed by atoms with Gasteiger partial charge in [-0.1, -0.05) is 72.3 Å². The summed E-state index contributed by atoms with van der Waals surface area (Å²) in [5.41, 5.74) is 1.00. The van der Waals surface area contributed by atoms with Crippen molar-refractivity contribution in [2.75, 3.05) is 13.2 Å². The molecule has 3 aromatic carbocycles. The SMILES string of the molecule is Cc1ccc(S(=O)(=O)O[C@@H](CNC(=O)Oc2ccccc2C(=O)C(=O)c2ccccc2)[C@@H]2C=CCO2)cc1. The Hall–Kier alpha value is -4.12. The Morgan fingerprint density at radius 1 is 0.947 bits per heavy atom. The minimum atomic E-state index is -4.16. The van der Waals surface area contributed by atoms with Crippen LogP contribution in [0.15, 0.2) is 95.9 Å². The second-order valence-electron chi connectivity index (χ2n) is 8.42. The van der Waals surface area contributed by atoms with E-state index in [9.17, 15) is 22.8 Å². The zero-order valence-corrected chi connectivity index (χ0v) is 21.2. The smallest absolute Gasteiger partial charge is 0.410 e. The lowest BCUT2D eigenvalue weighted by molar-refractivity contribution is 0.0315. The zero-order valence-electron chi connectivity index (χ0n) is 20.4. The van der Waals surface area contributed by atoms with Crippen molar-refractivity contribution in [3.8, 4) is 5.75 Å². The van der Waals surface area contributed by atoms with Gasteiger partial charge < -0.3 is 14.8 Å². The molecule has 0 bridgehead atoms. The van der Waals surface area contributed by atoms with Gasteiger partial charge in [0.15, 0.2) is 0 Å². The summed E-state index contributed by atoms with van der Waals surface area (Å²) in [7, 11) is -4.16. The van der Waals surface area contributed by atoms with Crippen LogP contribution in [0, 0.1) is 6.92 Å². The highest BCUT2D eigenvalue weighted by atomic mass is 32.2. The van der Waals surface area contributed by atoms with Crippen LogP contribution in [0.1, 0.15) is 26.3 Å². The van der Waals surface area contributed by atoms with Gasteiger partial charge >= 0.3 is 6.09 Å². The van der Waals surface area contributed by atoms with Crippen LogP contribution in [0.3, 0.4) is 0 Å². The number of rotatable bonds is 10. The molecule has 196 valence electrons. The molecule has 0 radical (unpaired) electrons. The van der Waals surface area contributed by atoms with Gasteiger partial charge in [-0.15, -0.1) is 0 Å². The Labute approximate surface area is 220 Å². The molecule has 0 fully saturated rings. The molecule has 0 saturated heterocycles. The fourth-order valence-electron chi connectivity index (χ4n) is 3.68. The highest BCUT2D eigenvalue weighted by Crippen LogP contribution is 2.22. The number of nitrogens with one attached hydrogen (secondary N) is 1. The molecular weight excluding hydrogens is 510 g/mol. The van der Waals surface area contributed by atoms with Gasteiger partial charge in [0.05, 0.1) is 23.6 Å². The van der Waals surface area contributed by atoms with Crippen LogP contribution in [0.4, 0.5) is 4.79 Å². The zero-order chi connectivity index (χ0) is 27.1. The molecule has 1 aliphatic heterocycles. The topological polar surface area (TPSA) is 125 Å². The van der Waals surface area contributed by atoms with E-state index >= 15 is 0 Å². The summed E-state index contributed by atoms with van der Waals surface area (Å²) in [5.74, 6) is -1.71. The summed E-state index contributed by atoms with van der Waals surface area (Å²) < 4.78 is 41.9. The Bertz CT molecular complexity index is 1450. The standard InChI is InChI=1S/C28H25NO8S/c1-19-13-15-21(16-14-19)38(33,34)37-25(24-12-7-17-35-24)18-29-28(32)36-23-11-6-5-10-22(23)27(31)26(30)20-8-3-2-4-9-20/h2-16,24-25H,17-18H2,1H3,(H,29,32)/t24-,25-/m0/s1. The van der Waals surface area contributed by atoms with Gasteiger partial charge in [0.25, 0.3) is 10.1 Å². The number of para-hydroxylation sites is 1. The van der Waals surface area contributed by atoms with Crippen LogP contribution in [0.25, 0.3) is 0 Å². The first-order valence-corrected chi connectivity index (χ1v) is 13.1. The second kappa shape index (κ2) is 12.0. The quantitative estimate of drug-likeness (QED) is 0.180. The predicted molar refractivity (Wildman–Crippen MR) is 138 cm³/mol. The number of hydrogen-bond donors (Lipinski definition) is 1. The summed E-state index contributed by atoms with van der Waals surface area (Å²) >= 11 is 0. The van der Waals surface area contributed by atoms with Crippen molar-refractivity contribution >= 4 is 27.8 Å². The summed E-state index contributed by atoms with van der Waals surface area (Å²) in [6, 6.07) is 20.0. The predicted octanol–water partition coefficient (Wildman–Crippen LogP) is 3.88. The summed E-state index contributed by atoms with van der Waals surface area (Å²) in [5, 5.41) is 2.46. The van der Waals surface area contributed by atoms with Gasteiger partial charge in [0.2, 0.25) is 11.6 Å². The number of hydrogen-bond acceptors (Lipinski definition) is 8. The molecule has 2 atom stereocenters. The molecule has 0 aliphatic carbocycles. The number of benzene rings is 3. The third-order valence-electron chi connectivity index (χ3n) is 5.66. The monoisotopic (exact) mass is 535 g/mol. The summed E-state index contributed by atoms with van der Waals surface area (Å²) in [4.78, 5) is 38.0. The van der Waals surface area contributed by atoms with E-state index in [0.29, 0.717) is 0 Å². The second-order valence-corrected chi connectivity index (χ2v) is 9.99. The van der Waals surface area contributed by atoms with Crippen molar-refractivity contribution in [1.29, 1.82) is 0 Å². The van der Waals surface area contributed by atoms with Crippen molar-refractivity contribution in [1.82, 2.24) is 5.32 Å². The molecule has 0 aromatic heterocycles. The van der Waals surface area contributed by atoms with Crippen molar-refractivity contribution in [3.63, 3.8) is 0 Å². The number of ether oxygens (including phenoxy) is 2. The molecule has 0 saturated carbocycles. The Kier molecular flexibility index (Phi) is 8.47. The maximum Gasteiger partial charge on any atom is 0.412 e. The van der Waals surface area contributed by atoms with Gasteiger partial charge in [-0.2, -0.15) is 8.42 Å². The van der Waals surface area contributed by atoms with Gasteiger partial charge in [0, 0.05) is 5.56 Å². The number of amides is 1. The van der Waals surface area contributed by atoms with Crippen molar-refractivity contribution in [2.24, 2.45) is 0 Å². The van der Waals surface area contributed by atoms with Crippen molar-refractivity contribution in [3.05, 3.63) is 108 Å². The Morgan fingerprint density at radius 2 is 1.63 bits per heavy atom. The van der Waals surface area contributed by atoms with E-state index < -0.39 is 40.0 Å². The van der Waals surface area contributed by atoms with E-state index in [1.165, 1.54) is 36.4 Å². The number of carbonyl (C=O) groups excluding carboxylic acids is 3. The van der Waals surface area contributed by atoms with Crippen molar-refractivity contribution < 1.29 is 36.5 Å². The van der Waals surface area contributed by atoms with Crippen LogP contribution in [0.5, 0.6) is 5.75 Å². The van der Waals surface area contributed by atoms with Crippen LogP contribution >= 0.6 is 0 Å². The van der Waals surface area contributed by atoms with Crippen LogP contribution in [-0.4, -0.2) is 51.4 Å². The molecule has 0 unspecified atom stereocenters. The van der Waals surface area contributed by atoms with E-state index in [1.54, 1.807) is 54.6 Å². The highest BCUT2D eigenvalue weighted by molar-refractivity contribution is 7.86. The minimum Gasteiger partial charge on any atom is -0.410 e. The molecule has 0 spiro atoms. The first-order valence-electron chi connectivity index (χ1n) is 11.7. The number of aryl methyl sites for hydroxylation is 1. The Morgan fingerprint density at radius 3 is 2.32 bits per heavy atom. The third-order valence-corrected chi connectivity index (χ3v) is 7.01. The lowest BCUT2D eigenvalue weighted by Gasteiger charge is -2.22. The normalized spacial score (nSPS) is 15.6. The van der Waals surface area contributed by atoms with Gasteiger partial charge in [0.1, 0.15) is 18.0 Å². The highest BCUT2D eigenvalue weighted by Gasteiger charge is 2.31. The average Bonchev–Trinajstić information content (AvgIpc) is 3.46. The van der Waals surface area contributed by atoms with Crippen LogP contribution in [0.2, 0.25) is 0 Å².